The third-order valence-electron chi connectivity index (χ3n) is 6.07. The van der Waals surface area contributed by atoms with E-state index in [9.17, 15) is 13.0 Å². The number of benzene rings is 2. The van der Waals surface area contributed by atoms with Crippen LogP contribution in [0.1, 0.15) is 102 Å². The zero-order valence-corrected chi connectivity index (χ0v) is 19.8. The maximum atomic E-state index is 12.2. The minimum Gasteiger partial charge on any atom is -0.282 e. The summed E-state index contributed by atoms with van der Waals surface area (Å²) < 4.78 is 34.4. The summed E-state index contributed by atoms with van der Waals surface area (Å²) in [5.41, 5.74) is 1.98. The highest BCUT2D eigenvalue weighted by atomic mass is 32.2. The van der Waals surface area contributed by atoms with Crippen molar-refractivity contribution in [2.45, 2.75) is 109 Å². The Labute approximate surface area is 184 Å². The average Bonchev–Trinajstić information content (AvgIpc) is 2.72. The lowest BCUT2D eigenvalue weighted by Crippen LogP contribution is -2.08. The van der Waals surface area contributed by atoms with Crippen LogP contribution in [0.25, 0.3) is 10.8 Å². The molecule has 30 heavy (non-hydrogen) atoms. The second-order valence-electron chi connectivity index (χ2n) is 8.56. The molecule has 2 aromatic carbocycles. The molecule has 2 rings (SSSR count). The molecule has 0 bridgehead atoms. The topological polar surface area (TPSA) is 54.4 Å². The Kier molecular flexibility index (Phi) is 10.9. The molecule has 0 unspecified atom stereocenters. The van der Waals surface area contributed by atoms with Gasteiger partial charge in [0.25, 0.3) is 10.1 Å². The first-order valence-electron chi connectivity index (χ1n) is 12.0. The highest BCUT2D eigenvalue weighted by molar-refractivity contribution is 7.85. The summed E-state index contributed by atoms with van der Waals surface area (Å²) in [6, 6.07) is 9.66. The van der Waals surface area contributed by atoms with E-state index in [-0.39, 0.29) is 4.90 Å². The van der Waals surface area contributed by atoms with Gasteiger partial charge >= 0.3 is 0 Å². The van der Waals surface area contributed by atoms with Crippen LogP contribution < -0.4 is 0 Å². The van der Waals surface area contributed by atoms with Gasteiger partial charge in [-0.1, -0.05) is 102 Å². The van der Waals surface area contributed by atoms with Crippen molar-refractivity contribution in [2.75, 3.05) is 0 Å². The molecule has 0 aromatic heterocycles. The Morgan fingerprint density at radius 1 is 0.700 bits per heavy atom. The van der Waals surface area contributed by atoms with E-state index in [0.717, 1.165) is 54.0 Å². The zero-order chi connectivity index (χ0) is 21.8. The molecule has 4 heteroatoms. The molecule has 1 N–H and O–H groups in total. The van der Waals surface area contributed by atoms with Crippen LogP contribution in [0, 0.1) is 0 Å². The molecule has 168 valence electrons. The molecule has 0 spiro atoms. The first kappa shape index (κ1) is 24.9. The summed E-state index contributed by atoms with van der Waals surface area (Å²) in [6.45, 7) is 4.43. The number of hydrogen-bond donors (Lipinski definition) is 1. The van der Waals surface area contributed by atoms with E-state index in [1.807, 2.05) is 18.2 Å². The smallest absolute Gasteiger partial charge is 0.282 e. The molecule has 0 saturated carbocycles. The zero-order valence-electron chi connectivity index (χ0n) is 19.0. The van der Waals surface area contributed by atoms with Crippen molar-refractivity contribution >= 4 is 20.9 Å². The Bertz CT molecular complexity index is 871. The van der Waals surface area contributed by atoms with Crippen LogP contribution in [0.3, 0.4) is 0 Å². The summed E-state index contributed by atoms with van der Waals surface area (Å²) in [5, 5.41) is 2.04. The van der Waals surface area contributed by atoms with Crippen LogP contribution >= 0.6 is 0 Å². The van der Waals surface area contributed by atoms with Crippen LogP contribution in [-0.2, 0) is 23.0 Å². The number of rotatable bonds is 15. The van der Waals surface area contributed by atoms with Gasteiger partial charge in [-0.3, -0.25) is 4.55 Å². The second-order valence-corrected chi connectivity index (χ2v) is 9.95. The highest BCUT2D eigenvalue weighted by Crippen LogP contribution is 2.32. The fraction of sp³-hybridized carbons (Fsp3) is 0.615. The van der Waals surface area contributed by atoms with Gasteiger partial charge < -0.3 is 0 Å². The number of hydrogen-bond acceptors (Lipinski definition) is 2. The largest absolute Gasteiger partial charge is 0.294 e. The Balaban J connectivity index is 2.26. The monoisotopic (exact) mass is 432 g/mol. The Hall–Kier alpha value is -1.39. The maximum absolute atomic E-state index is 12.2. The van der Waals surface area contributed by atoms with E-state index in [4.69, 9.17) is 0 Å². The lowest BCUT2D eigenvalue weighted by atomic mass is 9.91. The van der Waals surface area contributed by atoms with Gasteiger partial charge in [-0.05, 0) is 53.6 Å². The minimum absolute atomic E-state index is 0.121. The van der Waals surface area contributed by atoms with Gasteiger partial charge in [-0.25, -0.2) is 0 Å². The fourth-order valence-electron chi connectivity index (χ4n) is 4.39. The van der Waals surface area contributed by atoms with Gasteiger partial charge in [0.2, 0.25) is 0 Å². The van der Waals surface area contributed by atoms with E-state index in [2.05, 4.69) is 19.9 Å². The Morgan fingerprint density at radius 3 is 1.77 bits per heavy atom. The number of aryl methyl sites for hydroxylation is 1. The summed E-state index contributed by atoms with van der Waals surface area (Å²) in [7, 11) is -4.24. The van der Waals surface area contributed by atoms with E-state index >= 15 is 0 Å². The molecule has 0 radical (unpaired) electrons. The molecule has 0 aliphatic carbocycles. The standard InChI is InChI=1S/C26H40O3S/c1-3-5-7-9-11-13-19-24-23-18-16-15-17-22(23)21-26(30(27,28)29)25(24)20-14-12-10-8-6-4-2/h15-18,21H,3-14,19-20H2,1-2H3,(H,27,28,29). The normalized spacial score (nSPS) is 12.0. The van der Waals surface area contributed by atoms with Crippen molar-refractivity contribution in [3.8, 4) is 0 Å². The van der Waals surface area contributed by atoms with Crippen LogP contribution in [0.2, 0.25) is 0 Å². The number of fused-ring (bicyclic) bond motifs is 1. The van der Waals surface area contributed by atoms with Gasteiger partial charge in [0.1, 0.15) is 0 Å². The van der Waals surface area contributed by atoms with Crippen molar-refractivity contribution in [3.05, 3.63) is 41.5 Å². The predicted octanol–water partition coefficient (Wildman–Crippen LogP) is 7.89. The fourth-order valence-corrected chi connectivity index (χ4v) is 5.20. The molecular formula is C26H40O3S. The van der Waals surface area contributed by atoms with Gasteiger partial charge in [0, 0.05) is 0 Å². The summed E-state index contributed by atoms with van der Waals surface area (Å²) in [6.07, 6.45) is 15.8. The van der Waals surface area contributed by atoms with Crippen LogP contribution in [0.15, 0.2) is 35.2 Å². The van der Waals surface area contributed by atoms with Crippen molar-refractivity contribution < 1.29 is 13.0 Å². The van der Waals surface area contributed by atoms with Gasteiger partial charge in [-0.15, -0.1) is 0 Å². The first-order chi connectivity index (χ1) is 14.5. The lowest BCUT2D eigenvalue weighted by Gasteiger charge is -2.17. The van der Waals surface area contributed by atoms with Crippen LogP contribution in [0.5, 0.6) is 0 Å². The average molecular weight is 433 g/mol. The first-order valence-corrected chi connectivity index (χ1v) is 13.4. The number of unbranched alkanes of at least 4 members (excludes halogenated alkanes) is 10. The van der Waals surface area contributed by atoms with Crippen molar-refractivity contribution in [1.29, 1.82) is 0 Å². The summed E-state index contributed by atoms with van der Waals surface area (Å²) in [5.74, 6) is 0. The molecular weight excluding hydrogens is 392 g/mol. The van der Waals surface area contributed by atoms with E-state index in [1.165, 1.54) is 57.8 Å². The quantitative estimate of drug-likeness (QED) is 0.230. The van der Waals surface area contributed by atoms with E-state index < -0.39 is 10.1 Å². The minimum atomic E-state index is -4.24. The predicted molar refractivity (Wildman–Crippen MR) is 128 cm³/mol. The van der Waals surface area contributed by atoms with E-state index in [0.29, 0.717) is 0 Å². The van der Waals surface area contributed by atoms with Crippen LogP contribution in [0.4, 0.5) is 0 Å². The van der Waals surface area contributed by atoms with E-state index in [1.54, 1.807) is 6.07 Å². The highest BCUT2D eigenvalue weighted by Gasteiger charge is 2.21. The molecule has 0 atom stereocenters. The lowest BCUT2D eigenvalue weighted by molar-refractivity contribution is 0.481. The van der Waals surface area contributed by atoms with Crippen molar-refractivity contribution in [3.63, 3.8) is 0 Å². The molecule has 2 aromatic rings. The molecule has 0 amide bonds. The molecule has 0 fully saturated rings. The second kappa shape index (κ2) is 13.1. The van der Waals surface area contributed by atoms with Crippen molar-refractivity contribution in [1.82, 2.24) is 0 Å². The summed E-state index contributed by atoms with van der Waals surface area (Å²) >= 11 is 0. The van der Waals surface area contributed by atoms with Crippen molar-refractivity contribution in [2.24, 2.45) is 0 Å². The molecule has 0 aliphatic rings. The third kappa shape index (κ3) is 7.70. The molecule has 0 aliphatic heterocycles. The molecule has 0 heterocycles. The Morgan fingerprint density at radius 2 is 1.20 bits per heavy atom. The SMILES string of the molecule is CCCCCCCCc1c(S(=O)(=O)O)cc2ccccc2c1CCCCCCCC. The van der Waals surface area contributed by atoms with Gasteiger partial charge in [0.05, 0.1) is 4.90 Å². The van der Waals surface area contributed by atoms with Crippen LogP contribution in [-0.4, -0.2) is 13.0 Å². The molecule has 0 saturated heterocycles. The maximum Gasteiger partial charge on any atom is 0.294 e. The van der Waals surface area contributed by atoms with Gasteiger partial charge in [-0.2, -0.15) is 8.42 Å². The molecule has 3 nitrogen and oxygen atoms in total. The van der Waals surface area contributed by atoms with Gasteiger partial charge in [0.15, 0.2) is 0 Å². The third-order valence-corrected chi connectivity index (χ3v) is 6.99. The summed E-state index contributed by atoms with van der Waals surface area (Å²) in [4.78, 5) is 0.121.